The summed E-state index contributed by atoms with van der Waals surface area (Å²) >= 11 is 6.19. The highest BCUT2D eigenvalue weighted by Crippen LogP contribution is 2.37. The summed E-state index contributed by atoms with van der Waals surface area (Å²) in [5, 5.41) is 7.41. The number of benzene rings is 1. The summed E-state index contributed by atoms with van der Waals surface area (Å²) in [6, 6.07) is 9.48. The van der Waals surface area contributed by atoms with Gasteiger partial charge in [-0.05, 0) is 96.4 Å². The summed E-state index contributed by atoms with van der Waals surface area (Å²) in [4.78, 5) is 24.9. The van der Waals surface area contributed by atoms with E-state index in [9.17, 15) is 9.59 Å². The van der Waals surface area contributed by atoms with Crippen LogP contribution in [-0.4, -0.2) is 60.6 Å². The molecule has 2 rings (SSSR count). The third-order valence-electron chi connectivity index (χ3n) is 6.68. The van der Waals surface area contributed by atoms with Crippen molar-refractivity contribution >= 4 is 32.0 Å². The first-order chi connectivity index (χ1) is 19.2. The van der Waals surface area contributed by atoms with Crippen molar-refractivity contribution in [1.82, 2.24) is 15.1 Å². The molecule has 9 nitrogen and oxygen atoms in total. The number of alkyl carbamates (subject to hydrolysis) is 1. The Bertz CT molecular complexity index is 1180. The molecule has 1 atom stereocenters. The van der Waals surface area contributed by atoms with Crippen LogP contribution in [0.25, 0.3) is 11.3 Å². The topological polar surface area (TPSA) is 101 Å². The lowest BCUT2D eigenvalue weighted by molar-refractivity contribution is -0.165. The quantitative estimate of drug-likeness (QED) is 0.114. The van der Waals surface area contributed by atoms with Crippen LogP contribution in [0.5, 0.6) is 5.75 Å². The molecule has 0 bridgehead atoms. The van der Waals surface area contributed by atoms with Crippen molar-refractivity contribution in [2.75, 3.05) is 13.2 Å². The highest BCUT2D eigenvalue weighted by atomic mass is 35.5. The van der Waals surface area contributed by atoms with Crippen molar-refractivity contribution in [3.8, 4) is 17.0 Å². The van der Waals surface area contributed by atoms with Crippen molar-refractivity contribution in [2.24, 2.45) is 0 Å². The number of ether oxygens (including phenoxy) is 3. The largest absolute Gasteiger partial charge is 0.490 e. The lowest BCUT2D eigenvalue weighted by atomic mass is 10.1. The molecular weight excluding hydrogens is 574 g/mol. The zero-order chi connectivity index (χ0) is 31.9. The zero-order valence-corrected chi connectivity index (χ0v) is 29.0. The summed E-state index contributed by atoms with van der Waals surface area (Å²) < 4.78 is 25.2. The van der Waals surface area contributed by atoms with E-state index >= 15 is 0 Å². The van der Waals surface area contributed by atoms with Gasteiger partial charge in [0, 0.05) is 18.7 Å². The minimum Gasteiger partial charge on any atom is -0.490 e. The SMILES string of the molecule is CC(C)(C)OC(=O)NCCCn1nc(-c2ccc(OCC(O[Si](C)(C)C(C)(C)C)C(=O)OC(C)(C)C)cc2)cc1CCl. The maximum Gasteiger partial charge on any atom is 0.407 e. The number of nitrogens with zero attached hydrogens (tertiary/aromatic N) is 2. The van der Waals surface area contributed by atoms with Crippen LogP contribution < -0.4 is 10.1 Å². The smallest absolute Gasteiger partial charge is 0.407 e. The number of rotatable bonds is 12. The molecule has 0 aliphatic heterocycles. The Balaban J connectivity index is 2.06. The maximum absolute atomic E-state index is 13.0. The Morgan fingerprint density at radius 1 is 0.976 bits per heavy atom. The van der Waals surface area contributed by atoms with Crippen LogP contribution in [0.4, 0.5) is 4.79 Å². The number of carbonyl (C=O) groups is 2. The molecule has 0 radical (unpaired) electrons. The number of aryl methyl sites for hydroxylation is 1. The van der Waals surface area contributed by atoms with Crippen LogP contribution in [0.3, 0.4) is 0 Å². The summed E-state index contributed by atoms with van der Waals surface area (Å²) in [7, 11) is -2.26. The summed E-state index contributed by atoms with van der Waals surface area (Å²) in [6.45, 7) is 22.7. The van der Waals surface area contributed by atoms with Gasteiger partial charge in [-0.1, -0.05) is 20.8 Å². The molecule has 1 heterocycles. The Hall–Kier alpha value is -2.56. The van der Waals surface area contributed by atoms with Gasteiger partial charge >= 0.3 is 12.1 Å². The van der Waals surface area contributed by atoms with Gasteiger partial charge in [0.05, 0.1) is 17.3 Å². The molecule has 2 aromatic rings. The first kappa shape index (κ1) is 35.6. The first-order valence-electron chi connectivity index (χ1n) is 14.4. The van der Waals surface area contributed by atoms with Crippen LogP contribution in [0.1, 0.15) is 74.4 Å². The fraction of sp³-hybridized carbons (Fsp3) is 0.645. The number of hydrogen-bond donors (Lipinski definition) is 1. The molecular formula is C31H50ClN3O6Si. The second kappa shape index (κ2) is 14.3. The summed E-state index contributed by atoms with van der Waals surface area (Å²) in [5.41, 5.74) is 1.40. The highest BCUT2D eigenvalue weighted by Gasteiger charge is 2.42. The summed E-state index contributed by atoms with van der Waals surface area (Å²) in [6.07, 6.45) is -0.601. The van der Waals surface area contributed by atoms with Crippen LogP contribution >= 0.6 is 11.6 Å². The highest BCUT2D eigenvalue weighted by molar-refractivity contribution is 6.74. The van der Waals surface area contributed by atoms with Crippen LogP contribution in [0.2, 0.25) is 18.1 Å². The monoisotopic (exact) mass is 623 g/mol. The van der Waals surface area contributed by atoms with Gasteiger partial charge in [0.15, 0.2) is 14.4 Å². The maximum atomic E-state index is 13.0. The lowest BCUT2D eigenvalue weighted by Gasteiger charge is -2.39. The van der Waals surface area contributed by atoms with E-state index in [1.165, 1.54) is 0 Å². The van der Waals surface area contributed by atoms with Gasteiger partial charge in [-0.15, -0.1) is 11.6 Å². The second-order valence-electron chi connectivity index (χ2n) is 13.9. The van der Waals surface area contributed by atoms with Crippen molar-refractivity contribution in [1.29, 1.82) is 0 Å². The second-order valence-corrected chi connectivity index (χ2v) is 18.9. The minimum absolute atomic E-state index is 0.0448. The van der Waals surface area contributed by atoms with Crippen LogP contribution in [-0.2, 0) is 31.1 Å². The number of alkyl halides is 1. The molecule has 11 heteroatoms. The molecule has 1 amide bonds. The average molecular weight is 624 g/mol. The number of nitrogens with one attached hydrogen (secondary N) is 1. The number of esters is 1. The fourth-order valence-electron chi connectivity index (χ4n) is 3.58. The number of amides is 1. The molecule has 1 unspecified atom stereocenters. The normalized spacial score (nSPS) is 13.4. The number of halogens is 1. The predicted molar refractivity (Wildman–Crippen MR) is 169 cm³/mol. The van der Waals surface area contributed by atoms with Crippen LogP contribution in [0.15, 0.2) is 30.3 Å². The molecule has 1 aromatic heterocycles. The molecule has 1 aromatic carbocycles. The van der Waals surface area contributed by atoms with Gasteiger partial charge in [-0.3, -0.25) is 4.68 Å². The molecule has 0 aliphatic rings. The van der Waals surface area contributed by atoms with Gasteiger partial charge in [0.2, 0.25) is 0 Å². The van der Waals surface area contributed by atoms with Crippen molar-refractivity contribution in [2.45, 2.75) is 117 Å². The van der Waals surface area contributed by atoms with Crippen molar-refractivity contribution < 1.29 is 28.2 Å². The molecule has 42 heavy (non-hydrogen) atoms. The fourth-order valence-corrected chi connectivity index (χ4v) is 5.02. The van der Waals surface area contributed by atoms with Gasteiger partial charge in [-0.2, -0.15) is 5.10 Å². The Morgan fingerprint density at radius 3 is 2.10 bits per heavy atom. The number of aromatic nitrogens is 2. The van der Waals surface area contributed by atoms with Gasteiger partial charge in [0.1, 0.15) is 23.6 Å². The molecule has 236 valence electrons. The van der Waals surface area contributed by atoms with E-state index in [0.29, 0.717) is 31.1 Å². The Labute approximate surface area is 257 Å². The zero-order valence-electron chi connectivity index (χ0n) is 27.2. The molecule has 1 N–H and O–H groups in total. The van der Waals surface area contributed by atoms with Crippen molar-refractivity contribution in [3.05, 3.63) is 36.0 Å². The van der Waals surface area contributed by atoms with E-state index in [4.69, 9.17) is 35.3 Å². The van der Waals surface area contributed by atoms with Gasteiger partial charge in [0.25, 0.3) is 0 Å². The van der Waals surface area contributed by atoms with Gasteiger partial charge < -0.3 is 24.0 Å². The predicted octanol–water partition coefficient (Wildman–Crippen LogP) is 7.31. The van der Waals surface area contributed by atoms with E-state index in [0.717, 1.165) is 17.0 Å². The molecule has 0 spiro atoms. The van der Waals surface area contributed by atoms with E-state index < -0.39 is 37.7 Å². The third-order valence-corrected chi connectivity index (χ3v) is 11.4. The standard InChI is InChI=1S/C31H50ClN3O6Si/c1-29(2,3)39-27(36)26(41-42(10,11)31(7,8)9)21-38-24-15-13-22(14-16-24)25-19-23(20-32)35(34-25)18-12-17-33-28(37)40-30(4,5)6/h13-16,19,26H,12,17-18,20-21H2,1-11H3,(H,33,37). The van der Waals surface area contributed by atoms with Gasteiger partial charge in [-0.25, -0.2) is 9.59 Å². The molecule has 0 aliphatic carbocycles. The van der Waals surface area contributed by atoms with Crippen LogP contribution in [0, 0.1) is 0 Å². The van der Waals surface area contributed by atoms with Crippen molar-refractivity contribution in [3.63, 3.8) is 0 Å². The Morgan fingerprint density at radius 2 is 1.57 bits per heavy atom. The van der Waals surface area contributed by atoms with E-state index in [1.807, 2.05) is 76.6 Å². The minimum atomic E-state index is -2.26. The van der Waals surface area contributed by atoms with E-state index in [1.54, 1.807) is 0 Å². The molecule has 0 saturated heterocycles. The molecule has 0 fully saturated rings. The number of carbonyl (C=O) groups excluding carboxylic acids is 2. The van der Waals surface area contributed by atoms with E-state index in [-0.39, 0.29) is 11.6 Å². The average Bonchev–Trinajstić information content (AvgIpc) is 3.25. The molecule has 0 saturated carbocycles. The number of hydrogen-bond acceptors (Lipinski definition) is 7. The van der Waals surface area contributed by atoms with E-state index in [2.05, 4.69) is 39.2 Å². The lowest BCUT2D eigenvalue weighted by Crippen LogP contribution is -2.49. The third kappa shape index (κ3) is 11.6. The first-order valence-corrected chi connectivity index (χ1v) is 17.9. The Kier molecular flexibility index (Phi) is 12.1. The summed E-state index contributed by atoms with van der Waals surface area (Å²) in [5.74, 6) is 0.495.